The third kappa shape index (κ3) is 5.02. The predicted octanol–water partition coefficient (Wildman–Crippen LogP) is 4.47. The van der Waals surface area contributed by atoms with Gasteiger partial charge in [0.2, 0.25) is 5.95 Å². The topological polar surface area (TPSA) is 139 Å². The van der Waals surface area contributed by atoms with Crippen LogP contribution in [0.5, 0.6) is 0 Å². The average Bonchev–Trinajstić information content (AvgIpc) is 3.49. The zero-order valence-corrected chi connectivity index (χ0v) is 21.3. The average molecular weight is 522 g/mol. The van der Waals surface area contributed by atoms with Crippen LogP contribution in [0.2, 0.25) is 0 Å². The Morgan fingerprint density at radius 3 is 2.68 bits per heavy atom. The van der Waals surface area contributed by atoms with Gasteiger partial charge in [0.25, 0.3) is 5.91 Å². The van der Waals surface area contributed by atoms with Crippen molar-refractivity contribution >= 4 is 44.9 Å². The smallest absolute Gasteiger partial charge is 0.304 e. The molecular formula is C25H27N7O4S. The Morgan fingerprint density at radius 1 is 1.24 bits per heavy atom. The maximum absolute atomic E-state index is 13.4. The second-order valence-electron chi connectivity index (χ2n) is 9.24. The fourth-order valence-corrected chi connectivity index (χ4v) is 5.81. The Morgan fingerprint density at radius 2 is 1.97 bits per heavy atom. The first kappa shape index (κ1) is 24.8. The number of anilines is 2. The van der Waals surface area contributed by atoms with E-state index in [0.717, 1.165) is 40.8 Å². The Labute approximate surface area is 217 Å². The number of imidazole rings is 1. The third-order valence-corrected chi connectivity index (χ3v) is 7.86. The quantitative estimate of drug-likeness (QED) is 0.268. The van der Waals surface area contributed by atoms with E-state index >= 15 is 0 Å². The fraction of sp³-hybridized carbons (Fsp3) is 0.360. The minimum Gasteiger partial charge on any atom is -0.393 e. The van der Waals surface area contributed by atoms with Crippen molar-refractivity contribution in [2.75, 3.05) is 17.3 Å². The number of nitrogens with zero attached hydrogens (tertiary/aromatic N) is 6. The van der Waals surface area contributed by atoms with Crippen LogP contribution in [-0.2, 0) is 6.54 Å². The van der Waals surface area contributed by atoms with Gasteiger partial charge in [-0.3, -0.25) is 20.2 Å². The highest BCUT2D eigenvalue weighted by atomic mass is 32.1. The van der Waals surface area contributed by atoms with Crippen molar-refractivity contribution in [3.8, 4) is 0 Å². The number of nitro groups is 1. The third-order valence-electron chi connectivity index (χ3n) is 6.63. The van der Waals surface area contributed by atoms with Gasteiger partial charge in [-0.1, -0.05) is 12.1 Å². The van der Waals surface area contributed by atoms with E-state index < -0.39 is 10.8 Å². The fourth-order valence-electron chi connectivity index (χ4n) is 4.83. The van der Waals surface area contributed by atoms with Crippen molar-refractivity contribution < 1.29 is 14.8 Å². The zero-order chi connectivity index (χ0) is 26.1. The van der Waals surface area contributed by atoms with Crippen LogP contribution in [0.1, 0.15) is 52.8 Å². The predicted molar refractivity (Wildman–Crippen MR) is 141 cm³/mol. The summed E-state index contributed by atoms with van der Waals surface area (Å²) < 4.78 is 2.05. The molecule has 192 valence electrons. The number of thiophene rings is 1. The number of rotatable bonds is 7. The van der Waals surface area contributed by atoms with E-state index in [1.54, 1.807) is 30.4 Å². The number of hydrogen-bond acceptors (Lipinski definition) is 9. The Balaban J connectivity index is 1.46. The van der Waals surface area contributed by atoms with Crippen LogP contribution in [-0.4, -0.2) is 48.6 Å². The van der Waals surface area contributed by atoms with E-state index in [1.165, 1.54) is 6.07 Å². The van der Waals surface area contributed by atoms with Crippen LogP contribution in [0.25, 0.3) is 11.0 Å². The molecule has 0 spiro atoms. The minimum atomic E-state index is -0.489. The highest BCUT2D eigenvalue weighted by Crippen LogP contribution is 2.39. The van der Waals surface area contributed by atoms with E-state index in [1.807, 2.05) is 25.1 Å². The number of aliphatic hydroxyl groups is 1. The molecule has 0 aliphatic heterocycles. The maximum atomic E-state index is 13.4. The molecule has 3 aromatic heterocycles. The Kier molecular flexibility index (Phi) is 6.85. The summed E-state index contributed by atoms with van der Waals surface area (Å²) in [6, 6.07) is 8.91. The van der Waals surface area contributed by atoms with Gasteiger partial charge in [-0.05, 0) is 50.3 Å². The second kappa shape index (κ2) is 10.2. The molecule has 1 aromatic carbocycles. The van der Waals surface area contributed by atoms with Crippen LogP contribution in [0.3, 0.4) is 0 Å². The number of aryl methyl sites for hydroxylation is 1. The van der Waals surface area contributed by atoms with Crippen molar-refractivity contribution in [3.05, 3.63) is 69.1 Å². The summed E-state index contributed by atoms with van der Waals surface area (Å²) in [6.45, 7) is 2.26. The molecule has 3 heterocycles. The van der Waals surface area contributed by atoms with Crippen molar-refractivity contribution in [1.29, 1.82) is 0 Å². The molecule has 1 saturated carbocycles. The lowest BCUT2D eigenvalue weighted by Gasteiger charge is -2.28. The van der Waals surface area contributed by atoms with Crippen LogP contribution in [0.15, 0.2) is 42.7 Å². The highest BCUT2D eigenvalue weighted by molar-refractivity contribution is 7.18. The normalized spacial score (nSPS) is 17.6. The number of aromatic nitrogens is 4. The summed E-state index contributed by atoms with van der Waals surface area (Å²) in [5.74, 6) is 0.452. The van der Waals surface area contributed by atoms with Crippen LogP contribution in [0.4, 0.5) is 16.6 Å². The number of nitrogens with one attached hydrogen (secondary N) is 1. The van der Waals surface area contributed by atoms with E-state index in [-0.39, 0.29) is 29.3 Å². The number of para-hydroxylation sites is 1. The van der Waals surface area contributed by atoms with Gasteiger partial charge in [-0.15, -0.1) is 11.3 Å². The van der Waals surface area contributed by atoms with Crippen molar-refractivity contribution in [1.82, 2.24) is 19.5 Å². The lowest BCUT2D eigenvalue weighted by Crippen LogP contribution is -2.23. The lowest BCUT2D eigenvalue weighted by atomic mass is 9.92. The first-order valence-corrected chi connectivity index (χ1v) is 12.9. The van der Waals surface area contributed by atoms with Crippen LogP contribution in [0, 0.1) is 17.0 Å². The van der Waals surface area contributed by atoms with Crippen molar-refractivity contribution in [2.45, 2.75) is 51.3 Å². The number of fused-ring (bicyclic) bond motifs is 1. The van der Waals surface area contributed by atoms with Gasteiger partial charge in [0.15, 0.2) is 5.00 Å². The number of hydrogen-bond donors (Lipinski definition) is 2. The molecule has 1 fully saturated rings. The summed E-state index contributed by atoms with van der Waals surface area (Å²) in [6.07, 6.45) is 5.81. The van der Waals surface area contributed by atoms with Gasteiger partial charge >= 0.3 is 5.69 Å². The highest BCUT2D eigenvalue weighted by Gasteiger charge is 2.29. The first-order chi connectivity index (χ1) is 17.8. The van der Waals surface area contributed by atoms with E-state index in [4.69, 9.17) is 4.98 Å². The monoisotopic (exact) mass is 521 g/mol. The van der Waals surface area contributed by atoms with Crippen LogP contribution >= 0.6 is 11.3 Å². The molecule has 1 aliphatic carbocycles. The summed E-state index contributed by atoms with van der Waals surface area (Å²) in [4.78, 5) is 39.6. The molecule has 4 aromatic rings. The molecule has 11 nitrogen and oxygen atoms in total. The van der Waals surface area contributed by atoms with Gasteiger partial charge in [0.05, 0.1) is 28.6 Å². The molecule has 0 bridgehead atoms. The van der Waals surface area contributed by atoms with Crippen molar-refractivity contribution in [2.24, 2.45) is 0 Å². The van der Waals surface area contributed by atoms with E-state index in [9.17, 15) is 20.0 Å². The molecule has 0 saturated heterocycles. The number of carbonyl (C=O) groups is 1. The molecule has 0 radical (unpaired) electrons. The molecule has 5 rings (SSSR count). The standard InChI is InChI=1S/C25H27N7O4S/c1-15-5-3-6-18-22(15)31(16-7-9-17(33)10-8-16)25(28-18)29-23(34)20-13-19(32(35)36)24(37-20)30(2)14-21-26-11-4-12-27-21/h3-6,11-13,16-17,33H,7-10,14H2,1-2H3,(H,28,29,34)/t16-,17-. The molecule has 1 amide bonds. The first-order valence-electron chi connectivity index (χ1n) is 12.0. The summed E-state index contributed by atoms with van der Waals surface area (Å²) in [5, 5.41) is 25.1. The largest absolute Gasteiger partial charge is 0.393 e. The Hall–Kier alpha value is -3.90. The van der Waals surface area contributed by atoms with Gasteiger partial charge in [-0.25, -0.2) is 15.0 Å². The Bertz CT molecular complexity index is 1440. The molecule has 37 heavy (non-hydrogen) atoms. The number of amides is 1. The minimum absolute atomic E-state index is 0.0787. The summed E-state index contributed by atoms with van der Waals surface area (Å²) in [7, 11) is 1.70. The zero-order valence-electron chi connectivity index (χ0n) is 20.5. The number of aliphatic hydroxyl groups excluding tert-OH is 1. The maximum Gasteiger partial charge on any atom is 0.304 e. The van der Waals surface area contributed by atoms with Gasteiger partial charge < -0.3 is 14.6 Å². The molecule has 1 aliphatic rings. The summed E-state index contributed by atoms with van der Waals surface area (Å²) in [5.41, 5.74) is 2.59. The molecular weight excluding hydrogens is 494 g/mol. The SMILES string of the molecule is Cc1cccc2nc(NC(=O)c3cc([N+](=O)[O-])c(N(C)Cc4ncccn4)s3)n([C@H]3CC[C@H](O)CC3)c12. The van der Waals surface area contributed by atoms with Crippen LogP contribution < -0.4 is 10.2 Å². The molecule has 2 N–H and O–H groups in total. The second-order valence-corrected chi connectivity index (χ2v) is 10.3. The molecule has 12 heteroatoms. The number of carbonyl (C=O) groups excluding carboxylic acids is 1. The van der Waals surface area contributed by atoms with Gasteiger partial charge in [0, 0.05) is 31.5 Å². The van der Waals surface area contributed by atoms with E-state index in [2.05, 4.69) is 19.9 Å². The van der Waals surface area contributed by atoms with Crippen molar-refractivity contribution in [3.63, 3.8) is 0 Å². The lowest BCUT2D eigenvalue weighted by molar-refractivity contribution is -0.383. The summed E-state index contributed by atoms with van der Waals surface area (Å²) >= 11 is 1.04. The molecule has 0 atom stereocenters. The van der Waals surface area contributed by atoms with Gasteiger partial charge in [-0.2, -0.15) is 0 Å². The van der Waals surface area contributed by atoms with Gasteiger partial charge in [0.1, 0.15) is 10.7 Å². The molecule has 0 unspecified atom stereocenters. The van der Waals surface area contributed by atoms with E-state index in [0.29, 0.717) is 29.6 Å². The number of benzene rings is 1.